The number of hydrogen-bond acceptors (Lipinski definition) is 5. The van der Waals surface area contributed by atoms with Crippen molar-refractivity contribution < 1.29 is 19.4 Å². The van der Waals surface area contributed by atoms with Crippen LogP contribution in [0.3, 0.4) is 0 Å². The Morgan fingerprint density at radius 3 is 1.97 bits per heavy atom. The van der Waals surface area contributed by atoms with Crippen LogP contribution in [-0.2, 0) is 21.6 Å². The second kappa shape index (κ2) is 14.0. The molecule has 0 unspecified atom stereocenters. The molecule has 3 aromatic rings. The van der Waals surface area contributed by atoms with Gasteiger partial charge in [-0.1, -0.05) is 92.4 Å². The zero-order valence-corrected chi connectivity index (χ0v) is 21.6. The van der Waals surface area contributed by atoms with E-state index in [1.54, 1.807) is 19.1 Å². The summed E-state index contributed by atoms with van der Waals surface area (Å²) in [6.07, 6.45) is 3.32. The standard InChI is InChI=1S/C32H37NO4.CH4/c1-2-37-31(35)24-25-15-17-26(18-16-25)30(34)14-9-21-33-22-19-29(20-23-33)32(36,27-10-5-3-6-11-27)28-12-7-4-8-13-28;/h3-8,10-13,15-18,29,36H,2,9,14,19-24H2,1H3;1H4. The summed E-state index contributed by atoms with van der Waals surface area (Å²) in [7, 11) is 0. The first-order valence-corrected chi connectivity index (χ1v) is 13.3. The third-order valence-electron chi connectivity index (χ3n) is 7.41. The number of ether oxygens (including phenoxy) is 1. The summed E-state index contributed by atoms with van der Waals surface area (Å²) in [4.78, 5) is 26.7. The Balaban J connectivity index is 0.00000400. The Labute approximate surface area is 227 Å². The molecule has 0 spiro atoms. The highest BCUT2D eigenvalue weighted by molar-refractivity contribution is 5.96. The van der Waals surface area contributed by atoms with Crippen LogP contribution in [-0.4, -0.2) is 48.0 Å². The molecule has 1 heterocycles. The maximum absolute atomic E-state index is 12.7. The molecule has 0 atom stereocenters. The molecule has 1 aliphatic rings. The van der Waals surface area contributed by atoms with Gasteiger partial charge >= 0.3 is 5.97 Å². The Kier molecular flexibility index (Phi) is 10.8. The molecular weight excluding hydrogens is 474 g/mol. The minimum atomic E-state index is -1.01. The number of hydrogen-bond donors (Lipinski definition) is 1. The van der Waals surface area contributed by atoms with Gasteiger partial charge in [-0.05, 0) is 68.4 Å². The van der Waals surface area contributed by atoms with E-state index >= 15 is 0 Å². The molecule has 1 N–H and O–H groups in total. The van der Waals surface area contributed by atoms with Gasteiger partial charge in [0.25, 0.3) is 0 Å². The second-order valence-electron chi connectivity index (χ2n) is 9.82. The van der Waals surface area contributed by atoms with Gasteiger partial charge in [-0.3, -0.25) is 9.59 Å². The molecule has 1 saturated heterocycles. The largest absolute Gasteiger partial charge is 0.466 e. The first-order chi connectivity index (χ1) is 18.0. The van der Waals surface area contributed by atoms with Crippen molar-refractivity contribution in [3.05, 3.63) is 107 Å². The minimum absolute atomic E-state index is 0. The number of carbonyl (C=O) groups is 2. The summed E-state index contributed by atoms with van der Waals surface area (Å²) in [5.41, 5.74) is 2.41. The van der Waals surface area contributed by atoms with E-state index in [1.165, 1.54) is 0 Å². The molecule has 1 aliphatic heterocycles. The molecule has 0 amide bonds. The summed E-state index contributed by atoms with van der Waals surface area (Å²) < 4.78 is 4.98. The minimum Gasteiger partial charge on any atom is -0.466 e. The van der Waals surface area contributed by atoms with E-state index in [1.807, 2.05) is 72.8 Å². The molecule has 0 radical (unpaired) electrons. The van der Waals surface area contributed by atoms with E-state index in [9.17, 15) is 14.7 Å². The smallest absolute Gasteiger partial charge is 0.310 e. The first-order valence-electron chi connectivity index (χ1n) is 13.3. The number of ketones is 1. The molecule has 4 rings (SSSR count). The predicted octanol–water partition coefficient (Wildman–Crippen LogP) is 6.04. The fourth-order valence-electron chi connectivity index (χ4n) is 5.39. The third-order valence-corrected chi connectivity index (χ3v) is 7.41. The maximum Gasteiger partial charge on any atom is 0.310 e. The summed E-state index contributed by atoms with van der Waals surface area (Å²) in [5, 5.41) is 12.0. The highest BCUT2D eigenvalue weighted by atomic mass is 16.5. The Morgan fingerprint density at radius 2 is 1.45 bits per heavy atom. The number of likely N-dealkylation sites (tertiary alicyclic amines) is 1. The zero-order chi connectivity index (χ0) is 26.1. The Hall–Kier alpha value is -3.28. The van der Waals surface area contributed by atoms with Crippen LogP contribution in [0.5, 0.6) is 0 Å². The van der Waals surface area contributed by atoms with Crippen molar-refractivity contribution in [3.8, 4) is 0 Å². The summed E-state index contributed by atoms with van der Waals surface area (Å²) in [6.45, 7) is 4.84. The van der Waals surface area contributed by atoms with Crippen LogP contribution < -0.4 is 0 Å². The molecular formula is C33H41NO4. The van der Waals surface area contributed by atoms with E-state index in [2.05, 4.69) is 4.90 Å². The SMILES string of the molecule is C.CCOC(=O)Cc1ccc(C(=O)CCCN2CCC(C(O)(c3ccccc3)c3ccccc3)CC2)cc1. The van der Waals surface area contributed by atoms with Crippen molar-refractivity contribution >= 4 is 11.8 Å². The number of aliphatic hydroxyl groups is 1. The lowest BCUT2D eigenvalue weighted by Gasteiger charge is -2.42. The van der Waals surface area contributed by atoms with Crippen LogP contribution in [0.4, 0.5) is 0 Å². The van der Waals surface area contributed by atoms with Gasteiger partial charge < -0.3 is 14.7 Å². The highest BCUT2D eigenvalue weighted by Gasteiger charge is 2.41. The molecule has 0 saturated carbocycles. The molecule has 0 aromatic heterocycles. The topological polar surface area (TPSA) is 66.8 Å². The van der Waals surface area contributed by atoms with Gasteiger partial charge in [0.15, 0.2) is 5.78 Å². The van der Waals surface area contributed by atoms with E-state index in [0.29, 0.717) is 18.6 Å². The average molecular weight is 516 g/mol. The van der Waals surface area contributed by atoms with Crippen molar-refractivity contribution in [1.82, 2.24) is 4.90 Å². The number of esters is 1. The van der Waals surface area contributed by atoms with E-state index in [-0.39, 0.29) is 31.5 Å². The van der Waals surface area contributed by atoms with Gasteiger partial charge in [0.05, 0.1) is 13.0 Å². The van der Waals surface area contributed by atoms with Gasteiger partial charge in [-0.25, -0.2) is 0 Å². The van der Waals surface area contributed by atoms with Gasteiger partial charge in [-0.2, -0.15) is 0 Å². The van der Waals surface area contributed by atoms with Gasteiger partial charge in [0.1, 0.15) is 5.60 Å². The van der Waals surface area contributed by atoms with Crippen LogP contribution in [0.15, 0.2) is 84.9 Å². The van der Waals surface area contributed by atoms with E-state index in [0.717, 1.165) is 55.6 Å². The zero-order valence-electron chi connectivity index (χ0n) is 21.6. The number of piperidine rings is 1. The fourth-order valence-corrected chi connectivity index (χ4v) is 5.39. The molecule has 3 aromatic carbocycles. The summed E-state index contributed by atoms with van der Waals surface area (Å²) in [5.74, 6) is -0.000251. The highest BCUT2D eigenvalue weighted by Crippen LogP contribution is 2.41. The van der Waals surface area contributed by atoms with Gasteiger partial charge in [0, 0.05) is 12.0 Å². The Bertz CT molecular complexity index is 1100. The second-order valence-corrected chi connectivity index (χ2v) is 9.82. The van der Waals surface area contributed by atoms with Crippen LogP contribution >= 0.6 is 0 Å². The molecule has 5 nitrogen and oxygen atoms in total. The quantitative estimate of drug-likeness (QED) is 0.249. The molecule has 202 valence electrons. The van der Waals surface area contributed by atoms with Crippen molar-refractivity contribution in [1.29, 1.82) is 0 Å². The Morgan fingerprint density at radius 1 is 0.895 bits per heavy atom. The van der Waals surface area contributed by atoms with Gasteiger partial charge in [0.2, 0.25) is 0 Å². The van der Waals surface area contributed by atoms with Crippen molar-refractivity contribution in [2.24, 2.45) is 5.92 Å². The molecule has 0 bridgehead atoms. The van der Waals surface area contributed by atoms with Crippen molar-refractivity contribution in [2.45, 2.75) is 52.1 Å². The van der Waals surface area contributed by atoms with Gasteiger partial charge in [-0.15, -0.1) is 0 Å². The summed E-state index contributed by atoms with van der Waals surface area (Å²) >= 11 is 0. The number of carbonyl (C=O) groups excluding carboxylic acids is 2. The van der Waals surface area contributed by atoms with Crippen LogP contribution in [0, 0.1) is 5.92 Å². The first kappa shape index (κ1) is 29.3. The van der Waals surface area contributed by atoms with Crippen LogP contribution in [0.25, 0.3) is 0 Å². The lowest BCUT2D eigenvalue weighted by molar-refractivity contribution is -0.142. The lowest BCUT2D eigenvalue weighted by atomic mass is 9.72. The average Bonchev–Trinajstić information content (AvgIpc) is 2.94. The number of nitrogens with zero attached hydrogens (tertiary/aromatic N) is 1. The van der Waals surface area contributed by atoms with Crippen LogP contribution in [0.1, 0.15) is 67.1 Å². The molecule has 0 aliphatic carbocycles. The molecule has 1 fully saturated rings. The molecule has 5 heteroatoms. The van der Waals surface area contributed by atoms with Crippen LogP contribution in [0.2, 0.25) is 0 Å². The van der Waals surface area contributed by atoms with Crippen molar-refractivity contribution in [3.63, 3.8) is 0 Å². The summed E-state index contributed by atoms with van der Waals surface area (Å²) in [6, 6.07) is 27.3. The normalized spacial score (nSPS) is 14.5. The maximum atomic E-state index is 12.7. The van der Waals surface area contributed by atoms with Crippen molar-refractivity contribution in [2.75, 3.05) is 26.2 Å². The predicted molar refractivity (Wildman–Crippen MR) is 152 cm³/mol. The third kappa shape index (κ3) is 7.18. The monoisotopic (exact) mass is 515 g/mol. The fraction of sp³-hybridized carbons (Fsp3) is 0.394. The van der Waals surface area contributed by atoms with E-state index in [4.69, 9.17) is 4.74 Å². The lowest BCUT2D eigenvalue weighted by Crippen LogP contribution is -2.44. The number of rotatable bonds is 11. The number of benzene rings is 3. The van der Waals surface area contributed by atoms with E-state index < -0.39 is 5.60 Å². The molecule has 38 heavy (non-hydrogen) atoms. The number of Topliss-reactive ketones (excluding diaryl/α,β-unsaturated/α-hetero) is 1.